The maximum Gasteiger partial charge on any atom is 0.303 e. The van der Waals surface area contributed by atoms with Gasteiger partial charge in [0.2, 0.25) is 5.91 Å². The van der Waals surface area contributed by atoms with Gasteiger partial charge in [-0.15, -0.1) is 0 Å². The van der Waals surface area contributed by atoms with Crippen LogP contribution in [-0.2, 0) is 9.59 Å². The quantitative estimate of drug-likeness (QED) is 0.600. The zero-order chi connectivity index (χ0) is 16.2. The summed E-state index contributed by atoms with van der Waals surface area (Å²) >= 11 is 5.69. The van der Waals surface area contributed by atoms with Crippen molar-refractivity contribution in [2.24, 2.45) is 0 Å². The molecule has 1 rings (SSSR count). The SMILES string of the molecule is O=C(O)CCC(=O)Nc1c(Cl)cc([N+](=O)[O-])cc1[N+](=O)[O-]. The number of carboxylic acids is 1. The summed E-state index contributed by atoms with van der Waals surface area (Å²) in [6.45, 7) is 0. The summed E-state index contributed by atoms with van der Waals surface area (Å²) in [5.41, 5.74) is -1.77. The maximum atomic E-state index is 11.5. The number of amides is 1. The van der Waals surface area contributed by atoms with Gasteiger partial charge in [-0.3, -0.25) is 29.8 Å². The topological polar surface area (TPSA) is 153 Å². The predicted octanol–water partition coefficient (Wildman–Crippen LogP) is 1.96. The maximum absolute atomic E-state index is 11.5. The molecule has 2 N–H and O–H groups in total. The van der Waals surface area contributed by atoms with Crippen molar-refractivity contribution >= 4 is 40.5 Å². The van der Waals surface area contributed by atoms with Gasteiger partial charge >= 0.3 is 11.7 Å². The van der Waals surface area contributed by atoms with Crippen molar-refractivity contribution < 1.29 is 24.5 Å². The van der Waals surface area contributed by atoms with Crippen molar-refractivity contribution in [1.82, 2.24) is 0 Å². The lowest BCUT2D eigenvalue weighted by molar-refractivity contribution is -0.393. The molecule has 0 saturated heterocycles. The molecular formula is C10H8ClN3O7. The molecule has 1 amide bonds. The molecule has 0 fully saturated rings. The lowest BCUT2D eigenvalue weighted by Gasteiger charge is -2.07. The molecule has 0 atom stereocenters. The molecular weight excluding hydrogens is 310 g/mol. The lowest BCUT2D eigenvalue weighted by Crippen LogP contribution is -2.14. The first-order valence-corrected chi connectivity index (χ1v) is 5.74. The number of anilines is 1. The number of rotatable bonds is 6. The highest BCUT2D eigenvalue weighted by Gasteiger charge is 2.24. The number of hydrogen-bond donors (Lipinski definition) is 2. The molecule has 0 unspecified atom stereocenters. The van der Waals surface area contributed by atoms with Gasteiger partial charge in [0.15, 0.2) is 0 Å². The van der Waals surface area contributed by atoms with E-state index in [0.717, 1.165) is 6.07 Å². The molecule has 112 valence electrons. The fraction of sp³-hybridized carbons (Fsp3) is 0.200. The van der Waals surface area contributed by atoms with Gasteiger partial charge in [-0.05, 0) is 0 Å². The Morgan fingerprint density at radius 1 is 1.19 bits per heavy atom. The number of hydrogen-bond acceptors (Lipinski definition) is 6. The highest BCUT2D eigenvalue weighted by atomic mass is 35.5. The third-order valence-corrected chi connectivity index (χ3v) is 2.59. The minimum Gasteiger partial charge on any atom is -0.481 e. The number of nitro benzene ring substituents is 2. The van der Waals surface area contributed by atoms with E-state index in [0.29, 0.717) is 6.07 Å². The molecule has 1 aromatic rings. The summed E-state index contributed by atoms with van der Waals surface area (Å²) in [7, 11) is 0. The first-order valence-electron chi connectivity index (χ1n) is 5.36. The van der Waals surface area contributed by atoms with E-state index in [1.165, 1.54) is 0 Å². The van der Waals surface area contributed by atoms with Crippen molar-refractivity contribution in [3.05, 3.63) is 37.4 Å². The largest absolute Gasteiger partial charge is 0.481 e. The van der Waals surface area contributed by atoms with Gasteiger partial charge in [0.25, 0.3) is 5.69 Å². The number of nitrogens with zero attached hydrogens (tertiary/aromatic N) is 2. The van der Waals surface area contributed by atoms with E-state index in [2.05, 4.69) is 5.32 Å². The van der Waals surface area contributed by atoms with E-state index in [1.807, 2.05) is 0 Å². The fourth-order valence-electron chi connectivity index (χ4n) is 1.37. The van der Waals surface area contributed by atoms with Crippen LogP contribution in [0, 0.1) is 20.2 Å². The minimum atomic E-state index is -1.21. The number of carbonyl (C=O) groups excluding carboxylic acids is 1. The molecule has 0 spiro atoms. The van der Waals surface area contributed by atoms with Crippen molar-refractivity contribution in [3.63, 3.8) is 0 Å². The Morgan fingerprint density at radius 3 is 2.29 bits per heavy atom. The van der Waals surface area contributed by atoms with Crippen molar-refractivity contribution in [3.8, 4) is 0 Å². The lowest BCUT2D eigenvalue weighted by atomic mass is 10.2. The van der Waals surface area contributed by atoms with Crippen LogP contribution in [0.25, 0.3) is 0 Å². The van der Waals surface area contributed by atoms with Gasteiger partial charge in [0, 0.05) is 12.5 Å². The van der Waals surface area contributed by atoms with Gasteiger partial charge in [-0.25, -0.2) is 0 Å². The molecule has 0 radical (unpaired) electrons. The Hall–Kier alpha value is -2.75. The Balaban J connectivity index is 3.11. The second-order valence-electron chi connectivity index (χ2n) is 3.78. The summed E-state index contributed by atoms with van der Waals surface area (Å²) in [6, 6.07) is 1.50. The van der Waals surface area contributed by atoms with E-state index in [9.17, 15) is 29.8 Å². The number of carboxylic acid groups (broad SMARTS) is 1. The van der Waals surface area contributed by atoms with Gasteiger partial charge in [-0.2, -0.15) is 0 Å². The van der Waals surface area contributed by atoms with Crippen LogP contribution in [-0.4, -0.2) is 26.8 Å². The second-order valence-corrected chi connectivity index (χ2v) is 4.19. The molecule has 0 saturated carbocycles. The average Bonchev–Trinajstić information content (AvgIpc) is 2.37. The molecule has 0 heterocycles. The predicted molar refractivity (Wildman–Crippen MR) is 70.3 cm³/mol. The molecule has 21 heavy (non-hydrogen) atoms. The smallest absolute Gasteiger partial charge is 0.303 e. The van der Waals surface area contributed by atoms with Crippen LogP contribution in [0.2, 0.25) is 5.02 Å². The Morgan fingerprint density at radius 2 is 1.81 bits per heavy atom. The van der Waals surface area contributed by atoms with Crippen LogP contribution in [0.1, 0.15) is 12.8 Å². The van der Waals surface area contributed by atoms with E-state index in [4.69, 9.17) is 16.7 Å². The van der Waals surface area contributed by atoms with Crippen LogP contribution in [0.15, 0.2) is 12.1 Å². The number of non-ortho nitro benzene ring substituents is 1. The van der Waals surface area contributed by atoms with E-state index < -0.39 is 51.6 Å². The number of benzene rings is 1. The van der Waals surface area contributed by atoms with E-state index in [1.54, 1.807) is 0 Å². The van der Waals surface area contributed by atoms with Crippen LogP contribution in [0.4, 0.5) is 17.1 Å². The number of nitrogens with one attached hydrogen (secondary N) is 1. The van der Waals surface area contributed by atoms with Crippen LogP contribution >= 0.6 is 11.6 Å². The highest BCUT2D eigenvalue weighted by Crippen LogP contribution is 2.36. The molecule has 1 aromatic carbocycles. The fourth-order valence-corrected chi connectivity index (χ4v) is 1.63. The van der Waals surface area contributed by atoms with Crippen LogP contribution in [0.5, 0.6) is 0 Å². The highest BCUT2D eigenvalue weighted by molar-refractivity contribution is 6.34. The second kappa shape index (κ2) is 6.61. The van der Waals surface area contributed by atoms with Crippen molar-refractivity contribution in [2.75, 3.05) is 5.32 Å². The van der Waals surface area contributed by atoms with Crippen LogP contribution < -0.4 is 5.32 Å². The third kappa shape index (κ3) is 4.38. The summed E-state index contributed by atoms with van der Waals surface area (Å²) < 4.78 is 0. The molecule has 0 aliphatic heterocycles. The van der Waals surface area contributed by atoms with E-state index in [-0.39, 0.29) is 5.02 Å². The zero-order valence-electron chi connectivity index (χ0n) is 10.2. The first-order chi connectivity index (χ1) is 9.72. The number of carbonyl (C=O) groups is 2. The summed E-state index contributed by atoms with van der Waals surface area (Å²) in [4.78, 5) is 41.5. The summed E-state index contributed by atoms with van der Waals surface area (Å²) in [5, 5.41) is 31.6. The number of aliphatic carboxylic acids is 1. The average molecular weight is 318 g/mol. The van der Waals surface area contributed by atoms with Crippen LogP contribution in [0.3, 0.4) is 0 Å². The Labute approximate surface area is 121 Å². The number of halogens is 1. The molecule has 0 aromatic heterocycles. The van der Waals surface area contributed by atoms with Gasteiger partial charge in [-0.1, -0.05) is 11.6 Å². The Kier molecular flexibility index (Phi) is 5.13. The number of nitro groups is 2. The molecule has 10 nitrogen and oxygen atoms in total. The van der Waals surface area contributed by atoms with Crippen molar-refractivity contribution in [2.45, 2.75) is 12.8 Å². The minimum absolute atomic E-state index is 0.389. The standard InChI is InChI=1S/C10H8ClN3O7/c11-6-3-5(13(18)19)4-7(14(20)21)10(6)12-8(15)1-2-9(16)17/h3-4H,1-2H2,(H,12,15)(H,16,17). The summed E-state index contributed by atoms with van der Waals surface area (Å²) in [6.07, 6.45) is -0.885. The normalized spacial score (nSPS) is 9.95. The molecule has 0 bridgehead atoms. The third-order valence-electron chi connectivity index (χ3n) is 2.29. The monoisotopic (exact) mass is 317 g/mol. The van der Waals surface area contributed by atoms with Gasteiger partial charge < -0.3 is 10.4 Å². The van der Waals surface area contributed by atoms with Gasteiger partial charge in [0.05, 0.1) is 27.4 Å². The van der Waals surface area contributed by atoms with E-state index >= 15 is 0 Å². The molecule has 0 aliphatic carbocycles. The molecule has 0 aliphatic rings. The summed E-state index contributed by atoms with van der Waals surface area (Å²) in [5.74, 6) is -2.02. The Bertz CT molecular complexity index is 631. The molecule has 11 heteroatoms. The first kappa shape index (κ1) is 16.3. The van der Waals surface area contributed by atoms with Crippen molar-refractivity contribution in [1.29, 1.82) is 0 Å². The zero-order valence-corrected chi connectivity index (χ0v) is 11.0. The van der Waals surface area contributed by atoms with Gasteiger partial charge in [0.1, 0.15) is 5.69 Å².